The van der Waals surface area contributed by atoms with Gasteiger partial charge in [0.1, 0.15) is 5.39 Å². The highest BCUT2D eigenvalue weighted by Gasteiger charge is 2.20. The first-order valence-corrected chi connectivity index (χ1v) is 6.73. The monoisotopic (exact) mass is 274 g/mol. The summed E-state index contributed by atoms with van der Waals surface area (Å²) in [5.41, 5.74) is 3.05. The Balaban J connectivity index is 1.79. The number of anilines is 1. The number of hydrogen-bond donors (Lipinski definition) is 3. The Morgan fingerprint density at radius 1 is 1.40 bits per heavy atom. The number of nitrogens with two attached hydrogens (primary N) is 1. The van der Waals surface area contributed by atoms with Crippen LogP contribution in [-0.4, -0.2) is 26.8 Å². The molecule has 0 saturated carbocycles. The third-order valence-corrected chi connectivity index (χ3v) is 3.76. The van der Waals surface area contributed by atoms with Gasteiger partial charge >= 0.3 is 0 Å². The molecule has 0 fully saturated rings. The molecule has 1 aliphatic rings. The molecule has 2 aromatic heterocycles. The van der Waals surface area contributed by atoms with Crippen molar-refractivity contribution < 1.29 is 4.74 Å². The van der Waals surface area contributed by atoms with Crippen molar-refractivity contribution >= 4 is 17.0 Å². The summed E-state index contributed by atoms with van der Waals surface area (Å²) in [5, 5.41) is 7.52. The van der Waals surface area contributed by atoms with E-state index in [4.69, 9.17) is 10.6 Å². The summed E-state index contributed by atoms with van der Waals surface area (Å²) in [7, 11) is 0. The number of aromatic amines is 1. The zero-order valence-electron chi connectivity index (χ0n) is 11.3. The molecule has 0 aliphatic heterocycles. The van der Waals surface area contributed by atoms with Gasteiger partial charge in [0.25, 0.3) is 0 Å². The number of nitrogens with zero attached hydrogens (tertiary/aromatic N) is 3. The maximum absolute atomic E-state index is 5.89. The van der Waals surface area contributed by atoms with Gasteiger partial charge in [-0.2, -0.15) is 15.1 Å². The quantitative estimate of drug-likeness (QED) is 0.445. The standard InChI is InChI=1S/C13H18N6O/c1-8-4-2-3-5-9(8)7-20-12-10-6-15-19-11(10)16-13(17-12)18-14/h2-3,6,8-9H,4-5,7,14H2,1H3,(H2,15,16,17,18,19). The van der Waals surface area contributed by atoms with Crippen LogP contribution in [0.4, 0.5) is 5.95 Å². The smallest absolute Gasteiger partial charge is 0.242 e. The maximum atomic E-state index is 5.89. The van der Waals surface area contributed by atoms with Crippen molar-refractivity contribution in [1.29, 1.82) is 0 Å². The SMILES string of the molecule is CC1CC=CCC1COc1nc(NN)nc2[nH]ncc12. The summed E-state index contributed by atoms with van der Waals surface area (Å²) >= 11 is 0. The molecular weight excluding hydrogens is 256 g/mol. The van der Waals surface area contributed by atoms with Crippen molar-refractivity contribution in [1.82, 2.24) is 20.2 Å². The van der Waals surface area contributed by atoms with Gasteiger partial charge in [0.2, 0.25) is 11.8 Å². The zero-order chi connectivity index (χ0) is 13.9. The second-order valence-electron chi connectivity index (χ2n) is 5.12. The predicted molar refractivity (Wildman–Crippen MR) is 76.0 cm³/mol. The van der Waals surface area contributed by atoms with Crippen molar-refractivity contribution in [2.75, 3.05) is 12.0 Å². The Bertz CT molecular complexity index is 622. The van der Waals surface area contributed by atoms with Gasteiger partial charge < -0.3 is 4.74 Å². The van der Waals surface area contributed by atoms with Crippen molar-refractivity contribution in [2.24, 2.45) is 17.7 Å². The second-order valence-corrected chi connectivity index (χ2v) is 5.12. The van der Waals surface area contributed by atoms with Crippen LogP contribution in [0.15, 0.2) is 18.3 Å². The highest BCUT2D eigenvalue weighted by molar-refractivity contribution is 5.80. The van der Waals surface area contributed by atoms with Crippen molar-refractivity contribution in [2.45, 2.75) is 19.8 Å². The Labute approximate surface area is 116 Å². The number of nitrogens with one attached hydrogen (secondary N) is 2. The molecule has 2 unspecified atom stereocenters. The maximum Gasteiger partial charge on any atom is 0.242 e. The Morgan fingerprint density at radius 3 is 3.05 bits per heavy atom. The Kier molecular flexibility index (Phi) is 3.51. The van der Waals surface area contributed by atoms with Crippen LogP contribution in [0.5, 0.6) is 5.88 Å². The number of ether oxygens (including phenoxy) is 1. The van der Waals surface area contributed by atoms with E-state index in [2.05, 4.69) is 44.7 Å². The fourth-order valence-electron chi connectivity index (χ4n) is 2.41. The fraction of sp³-hybridized carbons (Fsp3) is 0.462. The molecule has 0 radical (unpaired) electrons. The third-order valence-electron chi connectivity index (χ3n) is 3.76. The summed E-state index contributed by atoms with van der Waals surface area (Å²) in [6, 6.07) is 0. The van der Waals surface area contributed by atoms with Crippen LogP contribution in [0.1, 0.15) is 19.8 Å². The summed E-state index contributed by atoms with van der Waals surface area (Å²) in [6.45, 7) is 2.88. The molecule has 2 atom stereocenters. The molecule has 7 nitrogen and oxygen atoms in total. The van der Waals surface area contributed by atoms with E-state index >= 15 is 0 Å². The molecule has 0 saturated heterocycles. The molecule has 3 rings (SSSR count). The minimum atomic E-state index is 0.313. The molecule has 7 heteroatoms. The number of nitrogen functional groups attached to an aromatic ring is 1. The number of H-pyrrole nitrogens is 1. The van der Waals surface area contributed by atoms with E-state index in [0.29, 0.717) is 35.9 Å². The van der Waals surface area contributed by atoms with E-state index in [9.17, 15) is 0 Å². The van der Waals surface area contributed by atoms with Crippen LogP contribution < -0.4 is 16.0 Å². The molecule has 2 aromatic rings. The minimum absolute atomic E-state index is 0.313. The van der Waals surface area contributed by atoms with Crippen LogP contribution in [0.3, 0.4) is 0 Å². The molecule has 0 spiro atoms. The molecular formula is C13H18N6O. The topological polar surface area (TPSA) is 102 Å². The molecule has 2 heterocycles. The van der Waals surface area contributed by atoms with Crippen LogP contribution in [0.2, 0.25) is 0 Å². The lowest BCUT2D eigenvalue weighted by Crippen LogP contribution is -2.21. The van der Waals surface area contributed by atoms with Crippen molar-refractivity contribution in [3.63, 3.8) is 0 Å². The van der Waals surface area contributed by atoms with E-state index in [1.165, 1.54) is 0 Å². The van der Waals surface area contributed by atoms with Gasteiger partial charge in [-0.1, -0.05) is 19.1 Å². The highest BCUT2D eigenvalue weighted by atomic mass is 16.5. The minimum Gasteiger partial charge on any atom is -0.477 e. The van der Waals surface area contributed by atoms with Crippen LogP contribution in [-0.2, 0) is 0 Å². The van der Waals surface area contributed by atoms with E-state index in [1.54, 1.807) is 6.20 Å². The fourth-order valence-corrected chi connectivity index (χ4v) is 2.41. The second kappa shape index (κ2) is 5.46. The van der Waals surface area contributed by atoms with Crippen molar-refractivity contribution in [3.05, 3.63) is 18.3 Å². The van der Waals surface area contributed by atoms with Crippen LogP contribution in [0, 0.1) is 11.8 Å². The average Bonchev–Trinajstić information content (AvgIpc) is 2.94. The zero-order valence-corrected chi connectivity index (χ0v) is 11.3. The average molecular weight is 274 g/mol. The molecule has 106 valence electrons. The number of hydrazine groups is 1. The van der Waals surface area contributed by atoms with E-state index in [-0.39, 0.29) is 0 Å². The van der Waals surface area contributed by atoms with Gasteiger partial charge in [0.15, 0.2) is 5.65 Å². The number of rotatable bonds is 4. The van der Waals surface area contributed by atoms with Gasteiger partial charge in [-0.3, -0.25) is 10.5 Å². The van der Waals surface area contributed by atoms with Gasteiger partial charge in [0, 0.05) is 0 Å². The number of allylic oxidation sites excluding steroid dienone is 2. The highest BCUT2D eigenvalue weighted by Crippen LogP contribution is 2.27. The van der Waals surface area contributed by atoms with Gasteiger partial charge in [-0.15, -0.1) is 0 Å². The lowest BCUT2D eigenvalue weighted by molar-refractivity contribution is 0.195. The van der Waals surface area contributed by atoms with E-state index in [0.717, 1.165) is 18.2 Å². The largest absolute Gasteiger partial charge is 0.477 e. The summed E-state index contributed by atoms with van der Waals surface area (Å²) in [5.74, 6) is 7.32. The van der Waals surface area contributed by atoms with Crippen LogP contribution in [0.25, 0.3) is 11.0 Å². The molecule has 0 bridgehead atoms. The van der Waals surface area contributed by atoms with Gasteiger partial charge in [0.05, 0.1) is 12.8 Å². The van der Waals surface area contributed by atoms with Crippen LogP contribution >= 0.6 is 0 Å². The van der Waals surface area contributed by atoms with E-state index < -0.39 is 0 Å². The third kappa shape index (κ3) is 2.44. The predicted octanol–water partition coefficient (Wildman–Crippen LogP) is 1.62. The first-order chi connectivity index (χ1) is 9.78. The molecule has 20 heavy (non-hydrogen) atoms. The summed E-state index contributed by atoms with van der Waals surface area (Å²) in [6.07, 6.45) is 8.26. The Morgan fingerprint density at radius 2 is 2.25 bits per heavy atom. The van der Waals surface area contributed by atoms with E-state index in [1.807, 2.05) is 0 Å². The van der Waals surface area contributed by atoms with Gasteiger partial charge in [-0.05, 0) is 24.7 Å². The summed E-state index contributed by atoms with van der Waals surface area (Å²) < 4.78 is 5.89. The number of fused-ring (bicyclic) bond motifs is 1. The lowest BCUT2D eigenvalue weighted by Gasteiger charge is -2.24. The molecule has 0 amide bonds. The summed E-state index contributed by atoms with van der Waals surface area (Å²) in [4.78, 5) is 8.42. The first-order valence-electron chi connectivity index (χ1n) is 6.73. The number of aromatic nitrogens is 4. The number of hydrogen-bond acceptors (Lipinski definition) is 6. The molecule has 0 aromatic carbocycles. The normalized spacial score (nSPS) is 22.1. The first kappa shape index (κ1) is 12.9. The lowest BCUT2D eigenvalue weighted by atomic mass is 9.85. The molecule has 4 N–H and O–H groups in total. The Hall–Kier alpha value is -2.15. The van der Waals surface area contributed by atoms with Gasteiger partial charge in [-0.25, -0.2) is 5.84 Å². The molecule has 1 aliphatic carbocycles. The van der Waals surface area contributed by atoms with Crippen molar-refractivity contribution in [3.8, 4) is 5.88 Å².